The summed E-state index contributed by atoms with van der Waals surface area (Å²) in [6, 6.07) is 12.7. The molecule has 0 saturated carbocycles. The number of aryl methyl sites for hydroxylation is 1. The third kappa shape index (κ3) is 3.05. The molecule has 0 aliphatic carbocycles. The third-order valence-electron chi connectivity index (χ3n) is 3.84. The molecule has 0 radical (unpaired) electrons. The van der Waals surface area contributed by atoms with E-state index in [0.29, 0.717) is 5.69 Å². The van der Waals surface area contributed by atoms with Crippen LogP contribution in [0.25, 0.3) is 16.8 Å². The summed E-state index contributed by atoms with van der Waals surface area (Å²) in [4.78, 5) is 12.8. The van der Waals surface area contributed by atoms with Crippen molar-refractivity contribution in [3.8, 4) is 22.6 Å². The predicted octanol–water partition coefficient (Wildman–Crippen LogP) is 4.17. The molecular weight excluding hydrogens is 333 g/mol. The smallest absolute Gasteiger partial charge is 0.433 e. The highest BCUT2D eigenvalue weighted by atomic mass is 19.4. The van der Waals surface area contributed by atoms with Gasteiger partial charge in [-0.3, -0.25) is 9.89 Å². The highest BCUT2D eigenvalue weighted by Gasteiger charge is 2.39. The van der Waals surface area contributed by atoms with Crippen molar-refractivity contribution < 1.29 is 17.9 Å². The van der Waals surface area contributed by atoms with E-state index in [9.17, 15) is 18.0 Å². The third-order valence-corrected chi connectivity index (χ3v) is 3.84. The molecule has 0 bridgehead atoms. The Morgan fingerprint density at radius 1 is 1.04 bits per heavy atom. The van der Waals surface area contributed by atoms with Crippen molar-refractivity contribution >= 4 is 0 Å². The van der Waals surface area contributed by atoms with Gasteiger partial charge in [-0.05, 0) is 25.1 Å². The van der Waals surface area contributed by atoms with E-state index < -0.39 is 23.0 Å². The van der Waals surface area contributed by atoms with Gasteiger partial charge in [-0.2, -0.15) is 13.2 Å². The molecule has 0 aliphatic heterocycles. The molecule has 1 N–H and O–H groups in total. The number of halogens is 3. The Bertz CT molecular complexity index is 954. The number of hydrogen-bond acceptors (Lipinski definition) is 2. The van der Waals surface area contributed by atoms with Crippen LogP contribution in [0.15, 0.2) is 53.3 Å². The SMILES string of the molecule is COc1ccccc1-c1c(C(F)(F)F)[nH]n(-c2ccc(C)cc2)c1=O. The summed E-state index contributed by atoms with van der Waals surface area (Å²) >= 11 is 0. The van der Waals surface area contributed by atoms with E-state index in [4.69, 9.17) is 4.74 Å². The molecule has 3 aromatic rings. The molecule has 0 saturated heterocycles. The zero-order valence-electron chi connectivity index (χ0n) is 13.5. The number of alkyl halides is 3. The van der Waals surface area contributed by atoms with Crippen LogP contribution in [-0.2, 0) is 6.18 Å². The van der Waals surface area contributed by atoms with Gasteiger partial charge in [0.2, 0.25) is 0 Å². The largest absolute Gasteiger partial charge is 0.496 e. The monoisotopic (exact) mass is 348 g/mol. The normalized spacial score (nSPS) is 11.6. The van der Waals surface area contributed by atoms with Gasteiger partial charge in [0.15, 0.2) is 0 Å². The molecule has 130 valence electrons. The van der Waals surface area contributed by atoms with Crippen LogP contribution in [0, 0.1) is 6.92 Å². The van der Waals surface area contributed by atoms with E-state index in [2.05, 4.69) is 5.10 Å². The van der Waals surface area contributed by atoms with Crippen molar-refractivity contribution in [2.45, 2.75) is 13.1 Å². The van der Waals surface area contributed by atoms with E-state index in [-0.39, 0.29) is 11.3 Å². The van der Waals surface area contributed by atoms with Crippen LogP contribution in [0.5, 0.6) is 5.75 Å². The lowest BCUT2D eigenvalue weighted by Crippen LogP contribution is -2.15. The predicted molar refractivity (Wildman–Crippen MR) is 88.1 cm³/mol. The fourth-order valence-corrected chi connectivity index (χ4v) is 2.62. The Morgan fingerprint density at radius 2 is 1.68 bits per heavy atom. The number of nitrogens with zero attached hydrogens (tertiary/aromatic N) is 1. The van der Waals surface area contributed by atoms with E-state index in [1.807, 2.05) is 6.92 Å². The molecule has 25 heavy (non-hydrogen) atoms. The molecule has 1 heterocycles. The zero-order chi connectivity index (χ0) is 18.2. The summed E-state index contributed by atoms with van der Waals surface area (Å²) in [5.41, 5.74) is -1.02. The minimum Gasteiger partial charge on any atom is -0.496 e. The van der Waals surface area contributed by atoms with Gasteiger partial charge in [-0.1, -0.05) is 35.9 Å². The highest BCUT2D eigenvalue weighted by molar-refractivity contribution is 5.72. The molecule has 2 aromatic carbocycles. The molecule has 0 unspecified atom stereocenters. The molecule has 0 amide bonds. The van der Waals surface area contributed by atoms with Crippen molar-refractivity contribution in [1.82, 2.24) is 9.78 Å². The summed E-state index contributed by atoms with van der Waals surface area (Å²) in [6.45, 7) is 1.85. The lowest BCUT2D eigenvalue weighted by Gasteiger charge is -2.09. The second-order valence-corrected chi connectivity index (χ2v) is 5.54. The van der Waals surface area contributed by atoms with Crippen molar-refractivity contribution in [2.24, 2.45) is 0 Å². The fraction of sp³-hybridized carbons (Fsp3) is 0.167. The number of nitrogens with one attached hydrogen (secondary N) is 1. The first-order valence-corrected chi connectivity index (χ1v) is 7.45. The fourth-order valence-electron chi connectivity index (χ4n) is 2.62. The number of benzene rings is 2. The number of methoxy groups -OCH3 is 1. The van der Waals surface area contributed by atoms with Crippen LogP contribution >= 0.6 is 0 Å². The number of aromatic nitrogens is 2. The quantitative estimate of drug-likeness (QED) is 0.772. The van der Waals surface area contributed by atoms with Crippen LogP contribution < -0.4 is 10.3 Å². The summed E-state index contributed by atoms with van der Waals surface area (Å²) < 4.78 is 46.6. The Kier molecular flexibility index (Phi) is 4.16. The van der Waals surface area contributed by atoms with Crippen molar-refractivity contribution in [3.05, 3.63) is 70.1 Å². The number of aromatic amines is 1. The Labute approximate surface area is 141 Å². The van der Waals surface area contributed by atoms with E-state index in [0.717, 1.165) is 10.2 Å². The van der Waals surface area contributed by atoms with Crippen LogP contribution in [0.4, 0.5) is 13.2 Å². The molecule has 3 rings (SSSR count). The molecular formula is C18H15F3N2O2. The van der Waals surface area contributed by atoms with Gasteiger partial charge in [-0.25, -0.2) is 4.68 Å². The van der Waals surface area contributed by atoms with Crippen LogP contribution in [0.1, 0.15) is 11.3 Å². The maximum Gasteiger partial charge on any atom is 0.433 e. The molecule has 0 fully saturated rings. The topological polar surface area (TPSA) is 47.0 Å². The van der Waals surface area contributed by atoms with E-state index in [1.54, 1.807) is 36.4 Å². The van der Waals surface area contributed by atoms with Gasteiger partial charge in [0, 0.05) is 5.56 Å². The average Bonchev–Trinajstić information content (AvgIpc) is 2.93. The summed E-state index contributed by atoms with van der Waals surface area (Å²) in [5, 5.41) is 2.20. The first kappa shape index (κ1) is 16.9. The molecule has 0 atom stereocenters. The van der Waals surface area contributed by atoms with Crippen LogP contribution in [0.3, 0.4) is 0 Å². The first-order chi connectivity index (χ1) is 11.8. The van der Waals surface area contributed by atoms with Gasteiger partial charge in [0.1, 0.15) is 11.4 Å². The molecule has 7 heteroatoms. The first-order valence-electron chi connectivity index (χ1n) is 7.45. The maximum absolute atomic E-state index is 13.5. The number of para-hydroxylation sites is 1. The number of hydrogen-bond donors (Lipinski definition) is 1. The van der Waals surface area contributed by atoms with Crippen LogP contribution in [0.2, 0.25) is 0 Å². The summed E-state index contributed by atoms with van der Waals surface area (Å²) in [5.74, 6) is 0.195. The maximum atomic E-state index is 13.5. The standard InChI is InChI=1S/C18H15F3N2O2/c1-11-7-9-12(10-8-11)23-17(24)15(16(22-23)18(19,20)21)13-5-3-4-6-14(13)25-2/h3-10,22H,1-2H3. The number of rotatable bonds is 3. The van der Waals surface area contributed by atoms with Crippen molar-refractivity contribution in [3.63, 3.8) is 0 Å². The molecule has 0 spiro atoms. The zero-order valence-corrected chi connectivity index (χ0v) is 13.5. The summed E-state index contributed by atoms with van der Waals surface area (Å²) in [6.07, 6.45) is -4.72. The van der Waals surface area contributed by atoms with E-state index in [1.165, 1.54) is 19.2 Å². The molecule has 0 aliphatic rings. The van der Waals surface area contributed by atoms with Gasteiger partial charge in [0.05, 0.1) is 18.4 Å². The minimum atomic E-state index is -4.72. The minimum absolute atomic E-state index is 0.0874. The van der Waals surface area contributed by atoms with Gasteiger partial charge in [-0.15, -0.1) is 0 Å². The highest BCUT2D eigenvalue weighted by Crippen LogP contribution is 2.37. The van der Waals surface area contributed by atoms with Gasteiger partial charge < -0.3 is 4.74 Å². The van der Waals surface area contributed by atoms with Crippen LogP contribution in [-0.4, -0.2) is 16.9 Å². The number of H-pyrrole nitrogens is 1. The Balaban J connectivity index is 2.31. The second-order valence-electron chi connectivity index (χ2n) is 5.54. The van der Waals surface area contributed by atoms with Crippen molar-refractivity contribution in [2.75, 3.05) is 7.11 Å². The van der Waals surface area contributed by atoms with E-state index >= 15 is 0 Å². The lowest BCUT2D eigenvalue weighted by molar-refractivity contribution is -0.140. The van der Waals surface area contributed by atoms with Gasteiger partial charge >= 0.3 is 6.18 Å². The Hall–Kier alpha value is -2.96. The van der Waals surface area contributed by atoms with Gasteiger partial charge in [0.25, 0.3) is 5.56 Å². The lowest BCUT2D eigenvalue weighted by atomic mass is 10.0. The second kappa shape index (κ2) is 6.16. The molecule has 4 nitrogen and oxygen atoms in total. The molecule has 1 aromatic heterocycles. The Morgan fingerprint density at radius 3 is 2.28 bits per heavy atom. The average molecular weight is 348 g/mol. The summed E-state index contributed by atoms with van der Waals surface area (Å²) in [7, 11) is 1.34. The number of ether oxygens (including phenoxy) is 1. The van der Waals surface area contributed by atoms with Crippen molar-refractivity contribution in [1.29, 1.82) is 0 Å².